The van der Waals surface area contributed by atoms with Crippen LogP contribution in [-0.2, 0) is 24.9 Å². The fourth-order valence-electron chi connectivity index (χ4n) is 3.09. The summed E-state index contributed by atoms with van der Waals surface area (Å²) < 4.78 is 18.3. The summed E-state index contributed by atoms with van der Waals surface area (Å²) in [6, 6.07) is 4.01. The fraction of sp³-hybridized carbons (Fsp3) is 0.591. The van der Waals surface area contributed by atoms with Crippen LogP contribution in [-0.4, -0.2) is 66.6 Å². The molecule has 1 aromatic heterocycles. The van der Waals surface area contributed by atoms with Crippen molar-refractivity contribution >= 4 is 29.9 Å². The number of hydrogen-bond acceptors (Lipinski definition) is 6. The quantitative estimate of drug-likeness (QED) is 0.196. The molecule has 0 fully saturated rings. The number of methoxy groups -OCH3 is 2. The summed E-state index contributed by atoms with van der Waals surface area (Å²) in [6.45, 7) is 9.33. The van der Waals surface area contributed by atoms with Gasteiger partial charge in [0.15, 0.2) is 23.3 Å². The molecule has 0 saturated heterocycles. The number of hydrogen-bond donors (Lipinski definition) is 1. The van der Waals surface area contributed by atoms with Gasteiger partial charge >= 0.3 is 0 Å². The van der Waals surface area contributed by atoms with Crippen molar-refractivity contribution in [3.63, 3.8) is 0 Å². The monoisotopic (exact) mass is 560 g/mol. The highest BCUT2D eigenvalue weighted by atomic mass is 127. The lowest BCUT2D eigenvalue weighted by molar-refractivity contribution is 0.145. The molecule has 180 valence electrons. The minimum Gasteiger partial charge on any atom is -0.493 e. The van der Waals surface area contributed by atoms with Crippen molar-refractivity contribution in [1.29, 1.82) is 0 Å². The predicted octanol–water partition coefficient (Wildman–Crippen LogP) is 3.07. The Balaban J connectivity index is 0.00000512. The van der Waals surface area contributed by atoms with E-state index in [-0.39, 0.29) is 24.0 Å². The van der Waals surface area contributed by atoms with Crippen molar-refractivity contribution in [3.05, 3.63) is 34.9 Å². The first-order valence-corrected chi connectivity index (χ1v) is 10.5. The van der Waals surface area contributed by atoms with E-state index in [4.69, 9.17) is 19.2 Å². The standard InChI is InChI=1S/C22H36N6O3.HI/c1-8-31-11-9-10-23-22(24-14-21-26-25-17(3)28(21)5)27(4)15-18-13-20(30-7)19(29-6)12-16(18)2;/h12-13H,8-11,14-15H2,1-7H3,(H,23,24);1H. The smallest absolute Gasteiger partial charge is 0.194 e. The summed E-state index contributed by atoms with van der Waals surface area (Å²) in [6.07, 6.45) is 0.902. The zero-order valence-corrected chi connectivity index (χ0v) is 22.6. The summed E-state index contributed by atoms with van der Waals surface area (Å²) in [7, 11) is 7.27. The number of halogens is 1. The van der Waals surface area contributed by atoms with Crippen LogP contribution in [0.15, 0.2) is 17.1 Å². The molecule has 2 aromatic rings. The van der Waals surface area contributed by atoms with Gasteiger partial charge in [-0.05, 0) is 50.5 Å². The summed E-state index contributed by atoms with van der Waals surface area (Å²) in [5.74, 6) is 3.93. The highest BCUT2D eigenvalue weighted by Gasteiger charge is 2.14. The van der Waals surface area contributed by atoms with E-state index in [1.807, 2.05) is 44.6 Å². The summed E-state index contributed by atoms with van der Waals surface area (Å²) >= 11 is 0. The number of aliphatic imine (C=N–C) groups is 1. The molecule has 0 radical (unpaired) electrons. The van der Waals surface area contributed by atoms with Crippen LogP contribution in [0.25, 0.3) is 0 Å². The zero-order valence-electron chi connectivity index (χ0n) is 20.3. The van der Waals surface area contributed by atoms with Gasteiger partial charge in [-0.15, -0.1) is 34.2 Å². The Morgan fingerprint density at radius 2 is 1.84 bits per heavy atom. The Kier molecular flexibility index (Phi) is 12.4. The second-order valence-corrected chi connectivity index (χ2v) is 7.33. The van der Waals surface area contributed by atoms with Gasteiger partial charge in [0.1, 0.15) is 12.4 Å². The van der Waals surface area contributed by atoms with Gasteiger partial charge in [0, 0.05) is 40.4 Å². The molecule has 1 heterocycles. The van der Waals surface area contributed by atoms with Crippen LogP contribution in [0.1, 0.15) is 36.1 Å². The molecule has 1 N–H and O–H groups in total. The Morgan fingerprint density at radius 1 is 1.16 bits per heavy atom. The van der Waals surface area contributed by atoms with Crippen LogP contribution in [0.4, 0.5) is 0 Å². The molecule has 0 amide bonds. The normalized spacial score (nSPS) is 11.2. The van der Waals surface area contributed by atoms with Gasteiger partial charge in [-0.25, -0.2) is 4.99 Å². The number of benzene rings is 1. The number of nitrogens with zero attached hydrogens (tertiary/aromatic N) is 5. The van der Waals surface area contributed by atoms with Gasteiger partial charge < -0.3 is 29.0 Å². The molecule has 0 aliphatic heterocycles. The van der Waals surface area contributed by atoms with Crippen molar-refractivity contribution < 1.29 is 14.2 Å². The molecule has 0 aliphatic rings. The number of aromatic nitrogens is 3. The number of aryl methyl sites for hydroxylation is 2. The van der Waals surface area contributed by atoms with E-state index in [0.717, 1.165) is 60.7 Å². The summed E-state index contributed by atoms with van der Waals surface area (Å²) in [5.41, 5.74) is 2.27. The van der Waals surface area contributed by atoms with Crippen LogP contribution >= 0.6 is 24.0 Å². The van der Waals surface area contributed by atoms with E-state index in [2.05, 4.69) is 27.3 Å². The largest absolute Gasteiger partial charge is 0.493 e. The Bertz CT molecular complexity index is 872. The average molecular weight is 560 g/mol. The Hall–Kier alpha value is -2.08. The van der Waals surface area contributed by atoms with Crippen molar-refractivity contribution in [2.45, 2.75) is 40.3 Å². The molecule has 9 nitrogen and oxygen atoms in total. The Morgan fingerprint density at radius 3 is 2.44 bits per heavy atom. The third-order valence-corrected chi connectivity index (χ3v) is 5.12. The fourth-order valence-corrected chi connectivity index (χ4v) is 3.09. The maximum Gasteiger partial charge on any atom is 0.194 e. The summed E-state index contributed by atoms with van der Waals surface area (Å²) in [5, 5.41) is 11.8. The van der Waals surface area contributed by atoms with Gasteiger partial charge in [0.05, 0.1) is 14.2 Å². The molecule has 32 heavy (non-hydrogen) atoms. The average Bonchev–Trinajstić information content (AvgIpc) is 3.08. The number of guanidine groups is 1. The van der Waals surface area contributed by atoms with E-state index in [1.54, 1.807) is 14.2 Å². The molecule has 0 unspecified atom stereocenters. The second kappa shape index (κ2) is 14.1. The van der Waals surface area contributed by atoms with E-state index in [1.165, 1.54) is 0 Å². The van der Waals surface area contributed by atoms with Crippen molar-refractivity contribution in [2.24, 2.45) is 12.0 Å². The van der Waals surface area contributed by atoms with Crippen LogP contribution in [0, 0.1) is 13.8 Å². The van der Waals surface area contributed by atoms with Crippen molar-refractivity contribution in [1.82, 2.24) is 25.0 Å². The van der Waals surface area contributed by atoms with E-state index in [0.29, 0.717) is 18.8 Å². The Labute approximate surface area is 208 Å². The summed E-state index contributed by atoms with van der Waals surface area (Å²) in [4.78, 5) is 6.89. The molecule has 0 atom stereocenters. The molecule has 0 saturated carbocycles. The third kappa shape index (κ3) is 7.80. The van der Waals surface area contributed by atoms with Gasteiger partial charge in [0.25, 0.3) is 0 Å². The highest BCUT2D eigenvalue weighted by molar-refractivity contribution is 14.0. The minimum atomic E-state index is 0. The van der Waals surface area contributed by atoms with Gasteiger partial charge in [-0.1, -0.05) is 0 Å². The first kappa shape index (κ1) is 28.0. The van der Waals surface area contributed by atoms with Gasteiger partial charge in [-0.3, -0.25) is 0 Å². The maximum atomic E-state index is 5.48. The lowest BCUT2D eigenvalue weighted by Crippen LogP contribution is -2.39. The van der Waals surface area contributed by atoms with E-state index in [9.17, 15) is 0 Å². The highest BCUT2D eigenvalue weighted by Crippen LogP contribution is 2.30. The van der Waals surface area contributed by atoms with Crippen LogP contribution in [0.3, 0.4) is 0 Å². The number of rotatable bonds is 11. The number of nitrogens with one attached hydrogen (secondary N) is 1. The predicted molar refractivity (Wildman–Crippen MR) is 137 cm³/mol. The first-order chi connectivity index (χ1) is 14.9. The lowest BCUT2D eigenvalue weighted by atomic mass is 10.1. The molecular formula is C22H37IN6O3. The third-order valence-electron chi connectivity index (χ3n) is 5.12. The molecule has 0 spiro atoms. The van der Waals surface area contributed by atoms with Gasteiger partial charge in [-0.2, -0.15) is 0 Å². The van der Waals surface area contributed by atoms with Crippen LogP contribution in [0.5, 0.6) is 11.5 Å². The maximum absolute atomic E-state index is 5.48. The van der Waals surface area contributed by atoms with Crippen molar-refractivity contribution in [2.75, 3.05) is 41.0 Å². The minimum absolute atomic E-state index is 0. The number of ether oxygens (including phenoxy) is 3. The first-order valence-electron chi connectivity index (χ1n) is 10.5. The second-order valence-electron chi connectivity index (χ2n) is 7.33. The molecule has 0 bridgehead atoms. The molecule has 1 aromatic carbocycles. The van der Waals surface area contributed by atoms with E-state index >= 15 is 0 Å². The van der Waals surface area contributed by atoms with Gasteiger partial charge in [0.2, 0.25) is 0 Å². The van der Waals surface area contributed by atoms with Crippen LogP contribution < -0.4 is 14.8 Å². The SMILES string of the molecule is CCOCCCNC(=NCc1nnc(C)n1C)N(C)Cc1cc(OC)c(OC)cc1C.I. The van der Waals surface area contributed by atoms with Crippen molar-refractivity contribution in [3.8, 4) is 11.5 Å². The molecule has 10 heteroatoms. The molecular weight excluding hydrogens is 523 g/mol. The topological polar surface area (TPSA) is 86.0 Å². The molecule has 0 aliphatic carbocycles. The van der Waals surface area contributed by atoms with E-state index < -0.39 is 0 Å². The molecule has 2 rings (SSSR count). The zero-order chi connectivity index (χ0) is 22.8. The lowest BCUT2D eigenvalue weighted by Gasteiger charge is -2.24. The van der Waals surface area contributed by atoms with Crippen LogP contribution in [0.2, 0.25) is 0 Å².